The van der Waals surface area contributed by atoms with Crippen molar-refractivity contribution in [1.29, 1.82) is 0 Å². The molecule has 1 aliphatic rings. The van der Waals surface area contributed by atoms with Crippen LogP contribution in [0.4, 0.5) is 5.95 Å². The molecule has 1 fully saturated rings. The first-order valence-electron chi connectivity index (χ1n) is 16.4. The van der Waals surface area contributed by atoms with Gasteiger partial charge in [-0.05, 0) is 6.42 Å². The van der Waals surface area contributed by atoms with Crippen LogP contribution in [0, 0.1) is 6.10 Å². The van der Waals surface area contributed by atoms with Crippen molar-refractivity contribution in [2.75, 3.05) is 25.6 Å². The van der Waals surface area contributed by atoms with Crippen molar-refractivity contribution in [3.05, 3.63) is 22.8 Å². The predicted molar refractivity (Wildman–Crippen MR) is 165 cm³/mol. The summed E-state index contributed by atoms with van der Waals surface area (Å²) in [6.45, 7) is 2.41. The Bertz CT molecular complexity index is 1110. The molecule has 0 spiro atoms. The van der Waals surface area contributed by atoms with Crippen LogP contribution in [0.2, 0.25) is 0 Å². The van der Waals surface area contributed by atoms with Gasteiger partial charge >= 0.3 is 0 Å². The molecule has 12 nitrogen and oxygen atoms in total. The highest BCUT2D eigenvalue weighted by molar-refractivity contribution is 5.71. The fraction of sp³-hybridized carbons (Fsp3) is 0.806. The number of aromatic nitrogens is 4. The van der Waals surface area contributed by atoms with Crippen LogP contribution in [0.1, 0.15) is 116 Å². The Hall–Kier alpha value is -2.09. The van der Waals surface area contributed by atoms with E-state index in [0.717, 1.165) is 23.7 Å². The van der Waals surface area contributed by atoms with Crippen LogP contribution >= 0.6 is 0 Å². The largest absolute Gasteiger partial charge is 0.394 e. The molecule has 0 bridgehead atoms. The van der Waals surface area contributed by atoms with Crippen molar-refractivity contribution in [2.45, 2.75) is 140 Å². The van der Waals surface area contributed by atoms with E-state index in [-0.39, 0.29) is 36.2 Å². The molecule has 3 rings (SSSR count). The second kappa shape index (κ2) is 18.7. The number of aliphatic hydroxyl groups excluding tert-OH is 3. The number of rotatable bonds is 22. The average Bonchev–Trinajstić information content (AvgIpc) is 3.43. The van der Waals surface area contributed by atoms with Crippen LogP contribution in [0.15, 0.2) is 11.1 Å². The van der Waals surface area contributed by atoms with Gasteiger partial charge in [0.2, 0.25) is 11.7 Å². The zero-order valence-corrected chi connectivity index (χ0v) is 25.9. The molecule has 1 saturated heterocycles. The summed E-state index contributed by atoms with van der Waals surface area (Å²) in [6, 6.07) is 0. The number of nitrogen functional groups attached to an aromatic ring is 1. The highest BCUT2D eigenvalue weighted by atomic mass is 16.6. The third-order valence-electron chi connectivity index (χ3n) is 8.41. The van der Waals surface area contributed by atoms with Crippen LogP contribution in [0.3, 0.4) is 0 Å². The quantitative estimate of drug-likeness (QED) is 0.108. The van der Waals surface area contributed by atoms with Crippen molar-refractivity contribution in [2.24, 2.45) is 0 Å². The first-order chi connectivity index (χ1) is 20.8. The number of anilines is 1. The summed E-state index contributed by atoms with van der Waals surface area (Å²) in [5, 5.41) is 42.8. The molecule has 4 atom stereocenters. The maximum atomic E-state index is 12.3. The Labute approximate surface area is 255 Å². The number of hydrogen-bond acceptors (Lipinski definition) is 10. The molecule has 1 radical (unpaired) electrons. The second-order valence-corrected chi connectivity index (χ2v) is 11.8. The summed E-state index contributed by atoms with van der Waals surface area (Å²) in [4.78, 5) is 22.6. The summed E-state index contributed by atoms with van der Waals surface area (Å²) in [5.41, 5.74) is 2.55. The van der Waals surface area contributed by atoms with Gasteiger partial charge in [-0.25, -0.2) is 4.98 Å². The molecular weight excluding hydrogens is 554 g/mol. The Balaban J connectivity index is 1.34. The van der Waals surface area contributed by atoms with Gasteiger partial charge in [0.25, 0.3) is 5.56 Å². The van der Waals surface area contributed by atoms with E-state index in [1.165, 1.54) is 89.9 Å². The molecule has 0 amide bonds. The highest BCUT2D eigenvalue weighted by Crippen LogP contribution is 2.41. The smallest absolute Gasteiger partial charge is 0.280 e. The lowest BCUT2D eigenvalue weighted by Crippen LogP contribution is -2.64. The molecule has 12 heteroatoms. The van der Waals surface area contributed by atoms with Gasteiger partial charge in [-0.3, -0.25) is 14.3 Å². The first-order valence-corrected chi connectivity index (χ1v) is 16.4. The molecule has 2 aromatic heterocycles. The van der Waals surface area contributed by atoms with Gasteiger partial charge in [0, 0.05) is 19.6 Å². The zero-order chi connectivity index (χ0) is 31.1. The number of H-pyrrole nitrogens is 1. The Kier molecular flexibility index (Phi) is 15.4. The Morgan fingerprint density at radius 3 is 2.07 bits per heavy atom. The lowest BCUT2D eigenvalue weighted by molar-refractivity contribution is -0.268. The number of nitrogens with one attached hydrogen (secondary N) is 1. The minimum Gasteiger partial charge on any atom is -0.394 e. The van der Waals surface area contributed by atoms with Gasteiger partial charge in [0.1, 0.15) is 18.3 Å². The summed E-state index contributed by atoms with van der Waals surface area (Å²) in [5.74, 6) is -0.202. The summed E-state index contributed by atoms with van der Waals surface area (Å²) in [7, 11) is 0. The maximum absolute atomic E-state index is 12.3. The van der Waals surface area contributed by atoms with E-state index in [1.807, 2.05) is 0 Å². The van der Waals surface area contributed by atoms with E-state index in [4.69, 9.17) is 15.2 Å². The van der Waals surface area contributed by atoms with Gasteiger partial charge < -0.3 is 35.6 Å². The van der Waals surface area contributed by atoms with Gasteiger partial charge in [0.05, 0.1) is 12.9 Å². The van der Waals surface area contributed by atoms with Gasteiger partial charge in [-0.1, -0.05) is 103 Å². The van der Waals surface area contributed by atoms with Gasteiger partial charge in [0.15, 0.2) is 17.3 Å². The summed E-state index contributed by atoms with van der Waals surface area (Å²) in [6.07, 6.45) is 17.3. The van der Waals surface area contributed by atoms with Crippen LogP contribution in [-0.4, -0.2) is 78.1 Å². The number of nitrogens with zero attached hydrogens (tertiary/aromatic N) is 3. The van der Waals surface area contributed by atoms with E-state index in [2.05, 4.69) is 21.9 Å². The number of fused-ring (bicyclic) bond motifs is 1. The minimum atomic E-state index is -2.33. The molecular formula is C31H54N5O7. The van der Waals surface area contributed by atoms with Crippen LogP contribution in [-0.2, 0) is 15.2 Å². The lowest BCUT2D eigenvalue weighted by Gasteiger charge is -2.47. The Morgan fingerprint density at radius 2 is 1.51 bits per heavy atom. The van der Waals surface area contributed by atoms with E-state index in [1.54, 1.807) is 0 Å². The summed E-state index contributed by atoms with van der Waals surface area (Å²) < 4.78 is 12.6. The first kappa shape index (κ1) is 35.4. The molecule has 43 heavy (non-hydrogen) atoms. The second-order valence-electron chi connectivity index (χ2n) is 11.8. The third kappa shape index (κ3) is 9.95. The molecule has 2 aromatic rings. The average molecular weight is 609 g/mol. The molecule has 0 aliphatic carbocycles. The van der Waals surface area contributed by atoms with Crippen LogP contribution in [0.5, 0.6) is 0 Å². The molecule has 0 saturated carbocycles. The monoisotopic (exact) mass is 608 g/mol. The van der Waals surface area contributed by atoms with E-state index < -0.39 is 36.2 Å². The van der Waals surface area contributed by atoms with Crippen molar-refractivity contribution in [3.8, 4) is 0 Å². The zero-order valence-electron chi connectivity index (χ0n) is 25.9. The highest BCUT2D eigenvalue weighted by Gasteiger charge is 2.57. The van der Waals surface area contributed by atoms with Crippen LogP contribution in [0.25, 0.3) is 11.2 Å². The van der Waals surface area contributed by atoms with E-state index >= 15 is 0 Å². The number of aliphatic hydroxyl groups is 4. The molecule has 7 N–H and O–H groups in total. The van der Waals surface area contributed by atoms with Crippen molar-refractivity contribution >= 4 is 17.1 Å². The predicted octanol–water partition coefficient (Wildman–Crippen LogP) is 3.66. The SMILES string of the molecule is CCCCCCCCCCCCCCCCCCOCC[C]1O[C@H](CO)[C@H](O)[C@H](O)[C@]1(O)n1cnc2c(=O)[nH]c(N)nc21. The number of hydrogen-bond donors (Lipinski definition) is 6. The molecule has 245 valence electrons. The van der Waals surface area contributed by atoms with Crippen molar-refractivity contribution in [1.82, 2.24) is 19.5 Å². The number of aromatic amines is 1. The fourth-order valence-electron chi connectivity index (χ4n) is 5.81. The molecule has 3 heterocycles. The number of imidazole rings is 1. The summed E-state index contributed by atoms with van der Waals surface area (Å²) >= 11 is 0. The van der Waals surface area contributed by atoms with Gasteiger partial charge in [-0.15, -0.1) is 0 Å². The van der Waals surface area contributed by atoms with Crippen molar-refractivity contribution in [3.63, 3.8) is 0 Å². The topological polar surface area (TPSA) is 189 Å². The maximum Gasteiger partial charge on any atom is 0.280 e. The minimum absolute atomic E-state index is 0.0451. The van der Waals surface area contributed by atoms with E-state index in [0.29, 0.717) is 6.61 Å². The third-order valence-corrected chi connectivity index (χ3v) is 8.41. The normalized spacial score (nSPS) is 23.0. The van der Waals surface area contributed by atoms with Gasteiger partial charge in [-0.2, -0.15) is 4.98 Å². The molecule has 0 aromatic carbocycles. The van der Waals surface area contributed by atoms with E-state index in [9.17, 15) is 25.2 Å². The lowest BCUT2D eigenvalue weighted by atomic mass is 9.87. The number of ether oxygens (including phenoxy) is 2. The van der Waals surface area contributed by atoms with Crippen LogP contribution < -0.4 is 11.3 Å². The molecule has 1 aliphatic heterocycles. The number of unbranched alkanes of at least 4 members (excludes halogenated alkanes) is 15. The Morgan fingerprint density at radius 1 is 0.953 bits per heavy atom. The van der Waals surface area contributed by atoms with Crippen molar-refractivity contribution < 1.29 is 29.9 Å². The number of nitrogens with two attached hydrogens (primary N) is 1. The standard InChI is InChI=1S/C31H54N5O7/c1-2-3-4-5-6-7-8-9-10-11-12-13-14-15-16-17-19-42-20-18-24-31(41,27(39)26(38)23(21-37)43-24)36-22-33-25-28(36)34-30(32)35-29(25)40/h22-23,26-27,37-39,41H,2-21H2,1H3,(H3,32,34,35,40)/t23-,26+,27+,31+/m1/s1. The molecule has 0 unspecified atom stereocenters. The fourth-order valence-corrected chi connectivity index (χ4v) is 5.81.